The van der Waals surface area contributed by atoms with Crippen LogP contribution in [0, 0.1) is 6.92 Å². The van der Waals surface area contributed by atoms with Gasteiger partial charge in [-0.3, -0.25) is 4.79 Å². The van der Waals surface area contributed by atoms with Crippen LogP contribution in [0.15, 0.2) is 22.0 Å². The van der Waals surface area contributed by atoms with Crippen molar-refractivity contribution in [2.45, 2.75) is 25.2 Å². The van der Waals surface area contributed by atoms with Crippen molar-refractivity contribution in [2.75, 3.05) is 0 Å². The van der Waals surface area contributed by atoms with E-state index in [0.29, 0.717) is 17.5 Å². The van der Waals surface area contributed by atoms with E-state index in [1.165, 1.54) is 12.1 Å². The number of nitrogens with zero attached hydrogens (tertiary/aromatic N) is 1. The predicted molar refractivity (Wildman–Crippen MR) is 72.1 cm³/mol. The number of carbonyl (C=O) groups is 1. The Kier molecular flexibility index (Phi) is 4.28. The zero-order valence-electron chi connectivity index (χ0n) is 10.7. The van der Waals surface area contributed by atoms with Gasteiger partial charge in [-0.05, 0) is 30.5 Å². The molecule has 0 fully saturated rings. The van der Waals surface area contributed by atoms with Gasteiger partial charge in [0.05, 0.1) is 4.90 Å². The molecule has 1 rings (SSSR count). The Morgan fingerprint density at radius 2 is 1.89 bits per heavy atom. The summed E-state index contributed by atoms with van der Waals surface area (Å²) in [5.41, 5.74) is 11.2. The Morgan fingerprint density at radius 1 is 1.32 bits per heavy atom. The number of carbonyl (C=O) groups excluding carboxylic acids is 1. The van der Waals surface area contributed by atoms with Crippen molar-refractivity contribution in [3.05, 3.63) is 28.8 Å². The Balaban J connectivity index is 3.62. The average molecular weight is 284 g/mol. The molecule has 0 bridgehead atoms. The first kappa shape index (κ1) is 15.1. The lowest BCUT2D eigenvalue weighted by Gasteiger charge is -2.12. The molecule has 0 saturated heterocycles. The fourth-order valence-electron chi connectivity index (χ4n) is 1.87. The highest BCUT2D eigenvalue weighted by Gasteiger charge is 2.22. The number of guanidine groups is 1. The van der Waals surface area contributed by atoms with Crippen LogP contribution >= 0.6 is 0 Å². The van der Waals surface area contributed by atoms with E-state index in [-0.39, 0.29) is 16.4 Å². The molecule has 104 valence electrons. The summed E-state index contributed by atoms with van der Waals surface area (Å²) >= 11 is 0. The van der Waals surface area contributed by atoms with Crippen molar-refractivity contribution < 1.29 is 13.2 Å². The van der Waals surface area contributed by atoms with E-state index in [2.05, 4.69) is 4.99 Å². The zero-order valence-corrected chi connectivity index (χ0v) is 11.5. The van der Waals surface area contributed by atoms with E-state index < -0.39 is 15.9 Å². The van der Waals surface area contributed by atoms with E-state index in [1.807, 2.05) is 0 Å². The fraction of sp³-hybridized carbons (Fsp3) is 0.273. The molecule has 1 aromatic carbocycles. The summed E-state index contributed by atoms with van der Waals surface area (Å²) < 4.78 is 23.2. The van der Waals surface area contributed by atoms with Crippen molar-refractivity contribution in [1.82, 2.24) is 0 Å². The van der Waals surface area contributed by atoms with Crippen molar-refractivity contribution in [3.63, 3.8) is 0 Å². The van der Waals surface area contributed by atoms with E-state index in [4.69, 9.17) is 16.6 Å². The molecule has 1 aromatic rings. The van der Waals surface area contributed by atoms with Crippen LogP contribution in [0.1, 0.15) is 28.4 Å². The highest BCUT2D eigenvalue weighted by Crippen LogP contribution is 2.24. The maximum absolute atomic E-state index is 11.8. The first-order chi connectivity index (χ1) is 8.68. The van der Waals surface area contributed by atoms with Gasteiger partial charge >= 0.3 is 0 Å². The third-order valence-electron chi connectivity index (χ3n) is 2.56. The van der Waals surface area contributed by atoms with E-state index >= 15 is 0 Å². The van der Waals surface area contributed by atoms with Gasteiger partial charge in [0, 0.05) is 5.56 Å². The third kappa shape index (κ3) is 3.30. The van der Waals surface area contributed by atoms with Crippen LogP contribution in [0.25, 0.3) is 0 Å². The number of aliphatic imine (C=N–C) groups is 1. The molecule has 0 aliphatic carbocycles. The molecule has 0 heterocycles. The van der Waals surface area contributed by atoms with Crippen LogP contribution in [0.2, 0.25) is 0 Å². The maximum atomic E-state index is 11.8. The molecule has 1 amide bonds. The quantitative estimate of drug-likeness (QED) is 0.512. The number of hydrogen-bond acceptors (Lipinski definition) is 3. The Morgan fingerprint density at radius 3 is 2.32 bits per heavy atom. The van der Waals surface area contributed by atoms with Gasteiger partial charge in [-0.15, -0.1) is 0 Å². The SMILES string of the molecule is CCc1c(C(=O)N=C(N)N)ccc(C)c1S(N)(=O)=O. The van der Waals surface area contributed by atoms with Gasteiger partial charge in [-0.2, -0.15) is 4.99 Å². The van der Waals surface area contributed by atoms with Crippen LogP contribution in [0.4, 0.5) is 0 Å². The topological polar surface area (TPSA) is 142 Å². The van der Waals surface area contributed by atoms with E-state index in [1.54, 1.807) is 13.8 Å². The van der Waals surface area contributed by atoms with Crippen molar-refractivity contribution in [3.8, 4) is 0 Å². The minimum Gasteiger partial charge on any atom is -0.370 e. The third-order valence-corrected chi connectivity index (χ3v) is 3.69. The average Bonchev–Trinajstić information content (AvgIpc) is 2.25. The smallest absolute Gasteiger partial charge is 0.280 e. The van der Waals surface area contributed by atoms with Gasteiger partial charge in [-0.1, -0.05) is 13.0 Å². The summed E-state index contributed by atoms with van der Waals surface area (Å²) in [6, 6.07) is 2.98. The number of hydrogen-bond donors (Lipinski definition) is 3. The lowest BCUT2D eigenvalue weighted by Crippen LogP contribution is -2.25. The van der Waals surface area contributed by atoms with Crippen LogP contribution in [0.3, 0.4) is 0 Å². The minimum absolute atomic E-state index is 0.0494. The van der Waals surface area contributed by atoms with Gasteiger partial charge in [0.15, 0.2) is 5.96 Å². The number of sulfonamides is 1. The summed E-state index contributed by atoms with van der Waals surface area (Å²) in [5.74, 6) is -1.08. The second-order valence-corrected chi connectivity index (χ2v) is 5.48. The number of amides is 1. The lowest BCUT2D eigenvalue weighted by molar-refractivity contribution is 0.100. The van der Waals surface area contributed by atoms with Gasteiger partial charge in [0.2, 0.25) is 10.0 Å². The highest BCUT2D eigenvalue weighted by atomic mass is 32.2. The maximum Gasteiger partial charge on any atom is 0.280 e. The summed E-state index contributed by atoms with van der Waals surface area (Å²) in [7, 11) is -3.92. The Hall–Kier alpha value is -1.93. The van der Waals surface area contributed by atoms with Gasteiger partial charge in [0.25, 0.3) is 5.91 Å². The van der Waals surface area contributed by atoms with Crippen LogP contribution in [-0.4, -0.2) is 20.3 Å². The first-order valence-electron chi connectivity index (χ1n) is 5.47. The summed E-state index contributed by atoms with van der Waals surface area (Å²) in [6.45, 7) is 3.32. The summed E-state index contributed by atoms with van der Waals surface area (Å²) in [6.07, 6.45) is 0.314. The van der Waals surface area contributed by atoms with Gasteiger partial charge in [0.1, 0.15) is 0 Å². The van der Waals surface area contributed by atoms with Gasteiger partial charge < -0.3 is 11.5 Å². The second-order valence-electron chi connectivity index (χ2n) is 3.98. The second kappa shape index (κ2) is 5.37. The molecule has 19 heavy (non-hydrogen) atoms. The molecule has 0 aromatic heterocycles. The molecule has 0 saturated carbocycles. The number of aryl methyl sites for hydroxylation is 1. The number of benzene rings is 1. The number of primary sulfonamides is 1. The number of rotatable bonds is 3. The van der Waals surface area contributed by atoms with Crippen LogP contribution < -0.4 is 16.6 Å². The molecule has 0 radical (unpaired) electrons. The van der Waals surface area contributed by atoms with Gasteiger partial charge in [-0.25, -0.2) is 13.6 Å². The predicted octanol–water partition coefficient (Wildman–Crippen LogP) is -0.382. The number of nitrogens with two attached hydrogens (primary N) is 3. The molecule has 6 N–H and O–H groups in total. The summed E-state index contributed by atoms with van der Waals surface area (Å²) in [5, 5.41) is 5.18. The van der Waals surface area contributed by atoms with E-state index in [9.17, 15) is 13.2 Å². The Labute approximate surface area is 111 Å². The molecule has 7 nitrogen and oxygen atoms in total. The molecular weight excluding hydrogens is 268 g/mol. The highest BCUT2D eigenvalue weighted by molar-refractivity contribution is 7.89. The largest absolute Gasteiger partial charge is 0.370 e. The van der Waals surface area contributed by atoms with Crippen LogP contribution in [-0.2, 0) is 16.4 Å². The van der Waals surface area contributed by atoms with Crippen molar-refractivity contribution >= 4 is 21.9 Å². The minimum atomic E-state index is -3.92. The monoisotopic (exact) mass is 284 g/mol. The fourth-order valence-corrected chi connectivity index (χ4v) is 2.98. The molecule has 0 atom stereocenters. The molecule has 0 spiro atoms. The van der Waals surface area contributed by atoms with Crippen LogP contribution in [0.5, 0.6) is 0 Å². The first-order valence-corrected chi connectivity index (χ1v) is 7.02. The molecule has 0 aliphatic rings. The normalized spacial score (nSPS) is 11.1. The van der Waals surface area contributed by atoms with Crippen molar-refractivity contribution in [1.29, 1.82) is 0 Å². The molecule has 0 unspecified atom stereocenters. The zero-order chi connectivity index (χ0) is 14.8. The molecular formula is C11H16N4O3S. The lowest BCUT2D eigenvalue weighted by atomic mass is 10.0. The van der Waals surface area contributed by atoms with E-state index in [0.717, 1.165) is 0 Å². The molecule has 0 aliphatic heterocycles. The molecule has 8 heteroatoms. The van der Waals surface area contributed by atoms with Crippen molar-refractivity contribution in [2.24, 2.45) is 21.6 Å². The Bertz CT molecular complexity index is 646. The summed E-state index contributed by atoms with van der Waals surface area (Å²) in [4.78, 5) is 15.2. The standard InChI is InChI=1S/C11H16N4O3S/c1-3-7-8(10(16)15-11(12)13)5-4-6(2)9(7)19(14,17)18/h4-5H,3H2,1-2H3,(H2,14,17,18)(H4,12,13,15,16).